The number of rotatable bonds is 9. The van der Waals surface area contributed by atoms with Crippen molar-refractivity contribution in [1.29, 1.82) is 0 Å². The molecule has 0 radical (unpaired) electrons. The largest absolute Gasteiger partial charge is 0.485 e. The maximum atomic E-state index is 12.5. The van der Waals surface area contributed by atoms with Crippen molar-refractivity contribution in [3.63, 3.8) is 0 Å². The smallest absolute Gasteiger partial charge is 0.309 e. The zero-order valence-electron chi connectivity index (χ0n) is 25.7. The zero-order chi connectivity index (χ0) is 29.4. The van der Waals surface area contributed by atoms with Crippen molar-refractivity contribution < 1.29 is 19.0 Å². The second-order valence-corrected chi connectivity index (χ2v) is 13.0. The van der Waals surface area contributed by atoms with Gasteiger partial charge in [-0.2, -0.15) is 0 Å². The summed E-state index contributed by atoms with van der Waals surface area (Å²) in [4.78, 5) is 19.4. The van der Waals surface area contributed by atoms with Gasteiger partial charge in [0.25, 0.3) is 0 Å². The lowest BCUT2D eigenvalue weighted by Crippen LogP contribution is -2.37. The quantitative estimate of drug-likeness (QED) is 0.249. The van der Waals surface area contributed by atoms with Gasteiger partial charge in [-0.25, -0.2) is 4.98 Å². The van der Waals surface area contributed by atoms with E-state index >= 15 is 0 Å². The van der Waals surface area contributed by atoms with Crippen molar-refractivity contribution in [3.8, 4) is 22.8 Å². The zero-order valence-corrected chi connectivity index (χ0v) is 25.7. The molecule has 1 saturated carbocycles. The molecule has 1 saturated heterocycles. The number of aryl methyl sites for hydroxylation is 1. The van der Waals surface area contributed by atoms with Crippen molar-refractivity contribution in [3.05, 3.63) is 77.0 Å². The van der Waals surface area contributed by atoms with Crippen LogP contribution in [0, 0.1) is 11.8 Å². The number of likely N-dealkylation sites (tertiary alicyclic amines) is 1. The number of hydrogen-bond acceptors (Lipinski definition) is 6. The van der Waals surface area contributed by atoms with Crippen LogP contribution in [0.4, 0.5) is 0 Å². The highest BCUT2D eigenvalue weighted by atomic mass is 16.5. The van der Waals surface area contributed by atoms with Crippen LogP contribution in [-0.4, -0.2) is 42.2 Å². The molecule has 6 nitrogen and oxygen atoms in total. The van der Waals surface area contributed by atoms with Crippen LogP contribution in [0.2, 0.25) is 0 Å². The van der Waals surface area contributed by atoms with Crippen molar-refractivity contribution >= 4 is 5.97 Å². The van der Waals surface area contributed by atoms with Crippen LogP contribution in [0.5, 0.6) is 11.6 Å². The van der Waals surface area contributed by atoms with E-state index in [1.165, 1.54) is 55.0 Å². The molecule has 222 valence electrons. The average Bonchev–Trinajstić information content (AvgIpc) is 3.79. The van der Waals surface area contributed by atoms with Crippen LogP contribution in [0.1, 0.15) is 87.2 Å². The van der Waals surface area contributed by atoms with Crippen LogP contribution in [0.15, 0.2) is 54.7 Å². The Kier molecular flexibility index (Phi) is 8.01. The summed E-state index contributed by atoms with van der Waals surface area (Å²) in [6.45, 7) is 8.73. The second kappa shape index (κ2) is 11.7. The molecular weight excluding hydrogens is 524 g/mol. The molecule has 2 aromatic carbocycles. The number of carbonyl (C=O) groups is 1. The normalized spacial score (nSPS) is 21.2. The number of esters is 1. The summed E-state index contributed by atoms with van der Waals surface area (Å²) in [5.74, 6) is 1.97. The van der Waals surface area contributed by atoms with E-state index in [2.05, 4.69) is 60.1 Å². The lowest BCUT2D eigenvalue weighted by Gasteiger charge is -2.34. The van der Waals surface area contributed by atoms with E-state index in [1.807, 2.05) is 19.1 Å². The van der Waals surface area contributed by atoms with Crippen LogP contribution in [0.25, 0.3) is 11.1 Å². The summed E-state index contributed by atoms with van der Waals surface area (Å²) in [5, 5.41) is 0. The maximum Gasteiger partial charge on any atom is 0.309 e. The first-order valence-electron chi connectivity index (χ1n) is 15.5. The van der Waals surface area contributed by atoms with Gasteiger partial charge in [-0.1, -0.05) is 31.2 Å². The molecule has 3 atom stereocenters. The minimum absolute atomic E-state index is 0.0214. The van der Waals surface area contributed by atoms with Crippen LogP contribution in [0.3, 0.4) is 0 Å². The number of carbonyl (C=O) groups excluding carboxylic acids is 1. The van der Waals surface area contributed by atoms with E-state index in [-0.39, 0.29) is 29.4 Å². The van der Waals surface area contributed by atoms with Crippen LogP contribution in [-0.2, 0) is 22.5 Å². The molecule has 0 spiro atoms. The summed E-state index contributed by atoms with van der Waals surface area (Å²) in [5.41, 5.74) is 7.46. The number of pyridine rings is 1. The Morgan fingerprint density at radius 2 is 1.88 bits per heavy atom. The third-order valence-corrected chi connectivity index (χ3v) is 9.86. The Hall–Kier alpha value is -3.38. The summed E-state index contributed by atoms with van der Waals surface area (Å²) in [7, 11) is 3.14. The number of aromatic nitrogens is 1. The van der Waals surface area contributed by atoms with Gasteiger partial charge in [0.1, 0.15) is 11.9 Å². The van der Waals surface area contributed by atoms with E-state index in [9.17, 15) is 4.79 Å². The number of benzene rings is 2. The Morgan fingerprint density at radius 3 is 2.60 bits per heavy atom. The van der Waals surface area contributed by atoms with Crippen LogP contribution < -0.4 is 9.47 Å². The Morgan fingerprint density at radius 1 is 1.07 bits per heavy atom. The molecule has 1 aromatic heterocycles. The van der Waals surface area contributed by atoms with Crippen molar-refractivity contribution in [2.24, 2.45) is 11.8 Å². The molecule has 2 fully saturated rings. The lowest BCUT2D eigenvalue weighted by atomic mass is 9.82. The van der Waals surface area contributed by atoms with E-state index < -0.39 is 0 Å². The predicted octanol–water partition coefficient (Wildman–Crippen LogP) is 7.50. The molecule has 2 aliphatic heterocycles. The highest BCUT2D eigenvalue weighted by molar-refractivity contribution is 5.73. The molecule has 0 amide bonds. The molecule has 6 heteroatoms. The first-order valence-corrected chi connectivity index (χ1v) is 15.5. The summed E-state index contributed by atoms with van der Waals surface area (Å²) < 4.78 is 17.4. The van der Waals surface area contributed by atoms with E-state index in [1.54, 1.807) is 13.3 Å². The average molecular weight is 569 g/mol. The second-order valence-electron chi connectivity index (χ2n) is 13.0. The van der Waals surface area contributed by atoms with Gasteiger partial charge in [0, 0.05) is 24.3 Å². The van der Waals surface area contributed by atoms with E-state index in [0.29, 0.717) is 11.8 Å². The summed E-state index contributed by atoms with van der Waals surface area (Å²) >= 11 is 0. The Balaban J connectivity index is 1.33. The van der Waals surface area contributed by atoms with Gasteiger partial charge in [-0.3, -0.25) is 9.69 Å². The lowest BCUT2D eigenvalue weighted by molar-refractivity contribution is -0.145. The molecule has 1 aliphatic carbocycles. The third kappa shape index (κ3) is 5.78. The van der Waals surface area contributed by atoms with Gasteiger partial charge >= 0.3 is 5.97 Å². The first kappa shape index (κ1) is 28.7. The first-order chi connectivity index (χ1) is 20.3. The van der Waals surface area contributed by atoms with Crippen molar-refractivity contribution in [2.45, 2.75) is 83.4 Å². The minimum atomic E-state index is -0.172. The minimum Gasteiger partial charge on any atom is -0.485 e. The Bertz CT molecular complexity index is 1450. The molecule has 0 N–H and O–H groups in total. The summed E-state index contributed by atoms with van der Waals surface area (Å²) in [6, 6.07) is 17.5. The van der Waals surface area contributed by atoms with E-state index in [4.69, 9.17) is 14.2 Å². The number of hydrogen-bond donors (Lipinski definition) is 0. The van der Waals surface area contributed by atoms with Gasteiger partial charge < -0.3 is 14.2 Å². The van der Waals surface area contributed by atoms with Crippen LogP contribution >= 0.6 is 0 Å². The fourth-order valence-corrected chi connectivity index (χ4v) is 7.17. The molecule has 3 aliphatic rings. The number of ether oxygens (including phenoxy) is 3. The molecule has 6 rings (SSSR count). The SMILES string of the molecule is COC(=O)[C@@H](C)[C@H](c1ccc2c(c1)OC(c1ccc(-c3ccnc(OC)c3)cc1CN1CCCC1(C)C)CC2)C1CC1. The topological polar surface area (TPSA) is 60.9 Å². The van der Waals surface area contributed by atoms with Gasteiger partial charge in [-0.15, -0.1) is 0 Å². The fraction of sp³-hybridized carbons (Fsp3) is 0.500. The molecule has 42 heavy (non-hydrogen) atoms. The van der Waals surface area contributed by atoms with Gasteiger partial charge in [0.05, 0.1) is 20.1 Å². The number of fused-ring (bicyclic) bond motifs is 1. The maximum absolute atomic E-state index is 12.5. The predicted molar refractivity (Wildman–Crippen MR) is 165 cm³/mol. The highest BCUT2D eigenvalue weighted by Gasteiger charge is 2.40. The molecule has 1 unspecified atom stereocenters. The van der Waals surface area contributed by atoms with Crippen molar-refractivity contribution in [2.75, 3.05) is 20.8 Å². The number of methoxy groups -OCH3 is 2. The third-order valence-electron chi connectivity index (χ3n) is 9.86. The Labute approximate surface area is 250 Å². The summed E-state index contributed by atoms with van der Waals surface area (Å²) in [6.07, 6.45) is 8.47. The van der Waals surface area contributed by atoms with Gasteiger partial charge in [0.2, 0.25) is 5.88 Å². The molecular formula is C36H44N2O4. The van der Waals surface area contributed by atoms with Gasteiger partial charge in [0.15, 0.2) is 0 Å². The molecule has 3 aromatic rings. The standard InChI is InChI=1S/C36H44N2O4/c1-23(35(39)41-5)34(25-8-9-25)28-10-7-24-12-14-31(42-32(24)20-28)30-13-11-26(27-15-17-37-33(21-27)40-4)19-29(30)22-38-18-6-16-36(38,2)3/h7,10-11,13,15,17,19-21,23,25,31,34H,6,8-9,12,14,16,18,22H2,1-5H3/t23-,31?,34-/m0/s1. The fourth-order valence-electron chi connectivity index (χ4n) is 7.17. The van der Waals surface area contributed by atoms with E-state index in [0.717, 1.165) is 42.8 Å². The molecule has 0 bridgehead atoms. The molecule has 3 heterocycles. The van der Waals surface area contributed by atoms with Crippen molar-refractivity contribution in [1.82, 2.24) is 9.88 Å². The number of nitrogens with zero attached hydrogens (tertiary/aromatic N) is 2. The van der Waals surface area contributed by atoms with Gasteiger partial charge in [-0.05, 0) is 122 Å². The highest BCUT2D eigenvalue weighted by Crippen LogP contribution is 2.49. The monoisotopic (exact) mass is 568 g/mol.